The number of morpholine rings is 1. The van der Waals surface area contributed by atoms with Gasteiger partial charge in [0, 0.05) is 26.2 Å². The van der Waals surface area contributed by atoms with Crippen molar-refractivity contribution in [3.8, 4) is 0 Å². The van der Waals surface area contributed by atoms with Crippen LogP contribution >= 0.6 is 0 Å². The van der Waals surface area contributed by atoms with Crippen LogP contribution in [-0.4, -0.2) is 65.8 Å². The maximum absolute atomic E-state index is 12.4. The monoisotopic (exact) mass is 306 g/mol. The van der Waals surface area contributed by atoms with E-state index >= 15 is 0 Å². The molecule has 1 fully saturated rings. The summed E-state index contributed by atoms with van der Waals surface area (Å²) in [7, 11) is 0. The van der Waals surface area contributed by atoms with E-state index in [-0.39, 0.29) is 5.91 Å². The summed E-state index contributed by atoms with van der Waals surface area (Å²) in [5, 5.41) is 10.1. The zero-order valence-corrected chi connectivity index (χ0v) is 13.5. The van der Waals surface area contributed by atoms with E-state index in [2.05, 4.69) is 0 Å². The summed E-state index contributed by atoms with van der Waals surface area (Å²) in [6, 6.07) is 10.0. The first-order chi connectivity index (χ1) is 10.4. The Morgan fingerprint density at radius 3 is 2.50 bits per heavy atom. The average molecular weight is 306 g/mol. The van der Waals surface area contributed by atoms with Gasteiger partial charge in [-0.3, -0.25) is 9.69 Å². The predicted octanol–water partition coefficient (Wildman–Crippen LogP) is 1.12. The maximum Gasteiger partial charge on any atom is 0.236 e. The lowest BCUT2D eigenvalue weighted by molar-refractivity contribution is -0.137. The smallest absolute Gasteiger partial charge is 0.236 e. The molecule has 5 heteroatoms. The molecule has 1 saturated heterocycles. The van der Waals surface area contributed by atoms with Crippen LogP contribution in [0.25, 0.3) is 0 Å². The van der Waals surface area contributed by atoms with E-state index in [1.54, 1.807) is 13.8 Å². The number of amides is 1. The van der Waals surface area contributed by atoms with E-state index < -0.39 is 5.60 Å². The van der Waals surface area contributed by atoms with E-state index in [0.717, 1.165) is 5.56 Å². The van der Waals surface area contributed by atoms with Crippen molar-refractivity contribution >= 4 is 5.91 Å². The number of carbonyl (C=O) groups excluding carboxylic acids is 1. The van der Waals surface area contributed by atoms with Crippen molar-refractivity contribution in [2.45, 2.75) is 26.0 Å². The zero-order valence-electron chi connectivity index (χ0n) is 13.5. The van der Waals surface area contributed by atoms with Gasteiger partial charge in [-0.2, -0.15) is 0 Å². The Morgan fingerprint density at radius 1 is 1.27 bits per heavy atom. The van der Waals surface area contributed by atoms with Crippen LogP contribution in [0.4, 0.5) is 0 Å². The van der Waals surface area contributed by atoms with Crippen LogP contribution in [0.3, 0.4) is 0 Å². The summed E-state index contributed by atoms with van der Waals surface area (Å²) in [6.45, 7) is 7.49. The molecule has 0 aliphatic carbocycles. The molecule has 0 radical (unpaired) electrons. The molecule has 1 aliphatic rings. The SMILES string of the molecule is CC(C)(O)CN(CC(=O)N1CCOCC1)Cc1ccccc1. The number of benzene rings is 1. The van der Waals surface area contributed by atoms with Crippen molar-refractivity contribution in [1.82, 2.24) is 9.80 Å². The molecule has 1 N–H and O–H groups in total. The Kier molecular flexibility index (Phi) is 5.94. The molecule has 122 valence electrons. The average Bonchev–Trinajstić information content (AvgIpc) is 2.47. The van der Waals surface area contributed by atoms with Gasteiger partial charge < -0.3 is 14.7 Å². The number of ether oxygens (including phenoxy) is 1. The summed E-state index contributed by atoms with van der Waals surface area (Å²) in [4.78, 5) is 16.3. The van der Waals surface area contributed by atoms with Crippen molar-refractivity contribution in [2.75, 3.05) is 39.4 Å². The fourth-order valence-electron chi connectivity index (χ4n) is 2.66. The summed E-state index contributed by atoms with van der Waals surface area (Å²) in [5.74, 6) is 0.100. The van der Waals surface area contributed by atoms with Crippen LogP contribution in [0.15, 0.2) is 30.3 Å². The van der Waals surface area contributed by atoms with Gasteiger partial charge in [-0.15, -0.1) is 0 Å². The minimum atomic E-state index is -0.833. The van der Waals surface area contributed by atoms with E-state index in [4.69, 9.17) is 4.74 Å². The quantitative estimate of drug-likeness (QED) is 0.856. The molecule has 1 heterocycles. The number of carbonyl (C=O) groups is 1. The van der Waals surface area contributed by atoms with Crippen molar-refractivity contribution in [3.63, 3.8) is 0 Å². The topological polar surface area (TPSA) is 53.0 Å². The van der Waals surface area contributed by atoms with Gasteiger partial charge in [0.1, 0.15) is 0 Å². The molecule has 0 bridgehead atoms. The van der Waals surface area contributed by atoms with E-state index in [1.807, 2.05) is 40.1 Å². The van der Waals surface area contributed by atoms with Crippen LogP contribution in [0, 0.1) is 0 Å². The molecule has 0 saturated carbocycles. The van der Waals surface area contributed by atoms with Crippen molar-refractivity contribution in [2.24, 2.45) is 0 Å². The maximum atomic E-state index is 12.4. The summed E-state index contributed by atoms with van der Waals surface area (Å²) in [6.07, 6.45) is 0. The minimum Gasteiger partial charge on any atom is -0.389 e. The van der Waals surface area contributed by atoms with Gasteiger partial charge >= 0.3 is 0 Å². The van der Waals surface area contributed by atoms with Crippen molar-refractivity contribution in [1.29, 1.82) is 0 Å². The third-order valence-corrected chi connectivity index (χ3v) is 3.58. The van der Waals surface area contributed by atoms with Crippen molar-refractivity contribution in [3.05, 3.63) is 35.9 Å². The first-order valence-corrected chi connectivity index (χ1v) is 7.78. The largest absolute Gasteiger partial charge is 0.389 e. The number of rotatable bonds is 6. The fraction of sp³-hybridized carbons (Fsp3) is 0.588. The fourth-order valence-corrected chi connectivity index (χ4v) is 2.66. The normalized spacial score (nSPS) is 16.1. The molecule has 1 aliphatic heterocycles. The Labute approximate surface area is 132 Å². The van der Waals surface area contributed by atoms with Gasteiger partial charge in [-0.05, 0) is 19.4 Å². The molecule has 1 aromatic carbocycles. The van der Waals surface area contributed by atoms with Crippen LogP contribution < -0.4 is 0 Å². The molecule has 0 unspecified atom stereocenters. The van der Waals surface area contributed by atoms with E-state index in [9.17, 15) is 9.90 Å². The highest BCUT2D eigenvalue weighted by atomic mass is 16.5. The predicted molar refractivity (Wildman–Crippen MR) is 85.4 cm³/mol. The molecule has 1 amide bonds. The lowest BCUT2D eigenvalue weighted by Gasteiger charge is -2.32. The molecule has 22 heavy (non-hydrogen) atoms. The Bertz CT molecular complexity index is 465. The number of aliphatic hydroxyl groups is 1. The first-order valence-electron chi connectivity index (χ1n) is 7.78. The second-order valence-corrected chi connectivity index (χ2v) is 6.44. The molecule has 0 aromatic heterocycles. The van der Waals surface area contributed by atoms with E-state index in [1.165, 1.54) is 0 Å². The van der Waals surface area contributed by atoms with Crippen molar-refractivity contribution < 1.29 is 14.6 Å². The zero-order chi connectivity index (χ0) is 16.0. The third kappa shape index (κ3) is 5.75. The highest BCUT2D eigenvalue weighted by Gasteiger charge is 2.24. The van der Waals surface area contributed by atoms with Crippen LogP contribution in [0.5, 0.6) is 0 Å². The van der Waals surface area contributed by atoms with Crippen LogP contribution in [0.1, 0.15) is 19.4 Å². The summed E-state index contributed by atoms with van der Waals surface area (Å²) in [5.41, 5.74) is 0.307. The molecule has 5 nitrogen and oxygen atoms in total. The lowest BCUT2D eigenvalue weighted by Crippen LogP contribution is -2.48. The Morgan fingerprint density at radius 2 is 1.91 bits per heavy atom. The summed E-state index contributed by atoms with van der Waals surface area (Å²) < 4.78 is 5.28. The van der Waals surface area contributed by atoms with E-state index in [0.29, 0.717) is 45.9 Å². The third-order valence-electron chi connectivity index (χ3n) is 3.58. The number of nitrogens with zero attached hydrogens (tertiary/aromatic N) is 2. The molecule has 2 rings (SSSR count). The van der Waals surface area contributed by atoms with Crippen LogP contribution in [-0.2, 0) is 16.1 Å². The highest BCUT2D eigenvalue weighted by Crippen LogP contribution is 2.11. The first kappa shape index (κ1) is 16.9. The van der Waals surface area contributed by atoms with Gasteiger partial charge in [-0.25, -0.2) is 0 Å². The lowest BCUT2D eigenvalue weighted by atomic mass is 10.1. The highest BCUT2D eigenvalue weighted by molar-refractivity contribution is 5.78. The van der Waals surface area contributed by atoms with Gasteiger partial charge in [0.15, 0.2) is 0 Å². The molecule has 0 spiro atoms. The Hall–Kier alpha value is -1.43. The van der Waals surface area contributed by atoms with Gasteiger partial charge in [0.2, 0.25) is 5.91 Å². The molecule has 0 atom stereocenters. The molecular formula is C17H26N2O3. The Balaban J connectivity index is 1.98. The van der Waals surface area contributed by atoms with Gasteiger partial charge in [-0.1, -0.05) is 30.3 Å². The van der Waals surface area contributed by atoms with Crippen LogP contribution in [0.2, 0.25) is 0 Å². The molecule has 1 aromatic rings. The molecular weight excluding hydrogens is 280 g/mol. The number of hydrogen-bond donors (Lipinski definition) is 1. The standard InChI is InChI=1S/C17H26N2O3/c1-17(2,21)14-18(12-15-6-4-3-5-7-15)13-16(20)19-8-10-22-11-9-19/h3-7,21H,8-14H2,1-2H3. The second kappa shape index (κ2) is 7.72. The summed E-state index contributed by atoms with van der Waals surface area (Å²) >= 11 is 0. The number of hydrogen-bond acceptors (Lipinski definition) is 4. The second-order valence-electron chi connectivity index (χ2n) is 6.44. The van der Waals surface area contributed by atoms with Gasteiger partial charge in [0.05, 0.1) is 25.4 Å². The van der Waals surface area contributed by atoms with Gasteiger partial charge in [0.25, 0.3) is 0 Å². The minimum absolute atomic E-state index is 0.100.